The second kappa shape index (κ2) is 5.23. The molecule has 3 heterocycles. The van der Waals surface area contributed by atoms with Crippen LogP contribution < -0.4 is 5.59 Å². The van der Waals surface area contributed by atoms with E-state index in [0.29, 0.717) is 13.2 Å². The van der Waals surface area contributed by atoms with Gasteiger partial charge in [0.2, 0.25) is 0 Å². The average molecular weight is 261 g/mol. The third-order valence-electron chi connectivity index (χ3n) is 3.60. The van der Waals surface area contributed by atoms with Crippen molar-refractivity contribution in [2.24, 2.45) is 5.41 Å². The van der Waals surface area contributed by atoms with E-state index < -0.39 is 0 Å². The number of ether oxygens (including phenoxy) is 1. The van der Waals surface area contributed by atoms with E-state index in [-0.39, 0.29) is 18.6 Å². The second-order valence-corrected chi connectivity index (χ2v) is 6.13. The number of hydrogen-bond acceptors (Lipinski definition) is 4. The van der Waals surface area contributed by atoms with Crippen molar-refractivity contribution in [3.8, 4) is 0 Å². The molecule has 0 amide bonds. The number of pyridine rings is 1. The summed E-state index contributed by atoms with van der Waals surface area (Å²) in [5.41, 5.74) is 2.12. The molecule has 3 rings (SSSR count). The minimum atomic E-state index is -0.339. The van der Waals surface area contributed by atoms with Crippen LogP contribution in [0.3, 0.4) is 0 Å². The fraction of sp³-hybridized carbons (Fsp3) is 0.643. The molecule has 2 saturated heterocycles. The topological polar surface area (TPSA) is 40.6 Å². The maximum Gasteiger partial charge on any atom is 0.513 e. The Balaban J connectivity index is 1.72. The van der Waals surface area contributed by atoms with Crippen LogP contribution >= 0.6 is 0 Å². The molecule has 1 atom stereocenters. The van der Waals surface area contributed by atoms with Crippen LogP contribution in [0.4, 0.5) is 0 Å². The Kier molecular flexibility index (Phi) is 3.61. The highest BCUT2D eigenvalue weighted by atomic mass is 16.6. The fourth-order valence-corrected chi connectivity index (χ4v) is 2.50. The number of rotatable bonds is 2. The lowest BCUT2D eigenvalue weighted by Gasteiger charge is -2.32. The molecule has 2 aliphatic heterocycles. The van der Waals surface area contributed by atoms with Gasteiger partial charge in [-0.1, -0.05) is 13.8 Å². The zero-order chi connectivity index (χ0) is 13.3. The number of nitrogens with zero attached hydrogens (tertiary/aromatic N) is 1. The Morgan fingerprint density at radius 1 is 1.32 bits per heavy atom. The third kappa shape index (κ3) is 2.99. The van der Waals surface area contributed by atoms with Gasteiger partial charge in [-0.05, 0) is 30.5 Å². The van der Waals surface area contributed by atoms with Gasteiger partial charge >= 0.3 is 7.12 Å². The van der Waals surface area contributed by atoms with Crippen molar-refractivity contribution in [1.29, 1.82) is 0 Å². The van der Waals surface area contributed by atoms with E-state index in [1.54, 1.807) is 0 Å². The predicted octanol–water partition coefficient (Wildman–Crippen LogP) is 1.70. The molecule has 0 aromatic carbocycles. The van der Waals surface area contributed by atoms with E-state index in [1.807, 2.05) is 12.3 Å². The van der Waals surface area contributed by atoms with Crippen molar-refractivity contribution in [3.05, 3.63) is 23.9 Å². The molecule has 0 spiro atoms. The largest absolute Gasteiger partial charge is 0.513 e. The summed E-state index contributed by atoms with van der Waals surface area (Å²) in [7, 11) is -0.339. The highest BCUT2D eigenvalue weighted by Gasteiger charge is 2.34. The van der Waals surface area contributed by atoms with E-state index in [1.165, 1.54) is 5.56 Å². The monoisotopic (exact) mass is 261 g/mol. The first kappa shape index (κ1) is 13.1. The quantitative estimate of drug-likeness (QED) is 0.760. The van der Waals surface area contributed by atoms with Crippen molar-refractivity contribution in [2.45, 2.75) is 32.8 Å². The van der Waals surface area contributed by atoms with Crippen LogP contribution in [-0.2, 0) is 14.0 Å². The zero-order valence-electron chi connectivity index (χ0n) is 11.6. The molecule has 0 saturated carbocycles. The Bertz CT molecular complexity index is 436. The number of hydrogen-bond donors (Lipinski definition) is 0. The van der Waals surface area contributed by atoms with E-state index in [0.717, 1.165) is 25.0 Å². The molecule has 102 valence electrons. The minimum Gasteiger partial charge on any atom is -0.406 e. The first-order valence-electron chi connectivity index (χ1n) is 6.95. The molecule has 0 N–H and O–H groups in total. The van der Waals surface area contributed by atoms with E-state index >= 15 is 0 Å². The average Bonchev–Trinajstić information content (AvgIpc) is 2.93. The highest BCUT2D eigenvalue weighted by Crippen LogP contribution is 2.27. The molecule has 4 nitrogen and oxygen atoms in total. The zero-order valence-corrected chi connectivity index (χ0v) is 11.6. The van der Waals surface area contributed by atoms with Crippen LogP contribution in [0.15, 0.2) is 18.3 Å². The van der Waals surface area contributed by atoms with Crippen LogP contribution in [0.1, 0.15) is 38.4 Å². The minimum absolute atomic E-state index is 0.0860. The molecule has 2 fully saturated rings. The summed E-state index contributed by atoms with van der Waals surface area (Å²) in [5.74, 6) is 0. The maximum absolute atomic E-state index is 5.77. The Morgan fingerprint density at radius 2 is 2.11 bits per heavy atom. The lowest BCUT2D eigenvalue weighted by molar-refractivity contribution is 0.0339. The summed E-state index contributed by atoms with van der Waals surface area (Å²) in [4.78, 5) is 4.38. The van der Waals surface area contributed by atoms with Gasteiger partial charge in [-0.3, -0.25) is 4.98 Å². The molecule has 1 aromatic heterocycles. The molecule has 19 heavy (non-hydrogen) atoms. The summed E-state index contributed by atoms with van der Waals surface area (Å²) >= 11 is 0. The lowest BCUT2D eigenvalue weighted by atomic mass is 9.79. The van der Waals surface area contributed by atoms with Gasteiger partial charge < -0.3 is 14.0 Å². The van der Waals surface area contributed by atoms with Crippen LogP contribution in [0.25, 0.3) is 0 Å². The molecule has 5 heteroatoms. The van der Waals surface area contributed by atoms with Crippen molar-refractivity contribution >= 4 is 12.7 Å². The van der Waals surface area contributed by atoms with Gasteiger partial charge in [0.05, 0.1) is 11.7 Å². The Morgan fingerprint density at radius 3 is 2.79 bits per heavy atom. The normalized spacial score (nSPS) is 26.6. The summed E-state index contributed by atoms with van der Waals surface area (Å²) < 4.78 is 17.2. The van der Waals surface area contributed by atoms with Crippen LogP contribution in [0.2, 0.25) is 0 Å². The van der Waals surface area contributed by atoms with Crippen molar-refractivity contribution < 1.29 is 14.0 Å². The van der Waals surface area contributed by atoms with E-state index in [2.05, 4.69) is 24.9 Å². The third-order valence-corrected chi connectivity index (χ3v) is 3.60. The van der Waals surface area contributed by atoms with Crippen molar-refractivity contribution in [2.75, 3.05) is 19.8 Å². The molecule has 1 unspecified atom stereocenters. The van der Waals surface area contributed by atoms with Gasteiger partial charge in [-0.25, -0.2) is 0 Å². The molecule has 0 radical (unpaired) electrons. The fourth-order valence-electron chi connectivity index (χ4n) is 2.50. The smallest absolute Gasteiger partial charge is 0.406 e. The van der Waals surface area contributed by atoms with Crippen LogP contribution in [-0.4, -0.2) is 31.9 Å². The highest BCUT2D eigenvalue weighted by molar-refractivity contribution is 6.60. The first-order valence-corrected chi connectivity index (χ1v) is 6.95. The molecule has 0 aliphatic carbocycles. The SMILES string of the molecule is CC1(C)COB(c2cc(C3CCCO3)ccn2)OC1. The van der Waals surface area contributed by atoms with Gasteiger partial charge in [0.25, 0.3) is 0 Å². The summed E-state index contributed by atoms with van der Waals surface area (Å²) in [6.07, 6.45) is 4.25. The number of aromatic nitrogens is 1. The lowest BCUT2D eigenvalue weighted by Crippen LogP contribution is -2.48. The maximum atomic E-state index is 5.77. The summed E-state index contributed by atoms with van der Waals surface area (Å²) in [5, 5.41) is 0. The Hall–Kier alpha value is -0.905. The standard InChI is InChI=1S/C14H20BNO3/c1-14(2)9-18-15(19-10-14)13-8-11(5-6-16-13)12-4-3-7-17-12/h5-6,8,12H,3-4,7,9-10H2,1-2H3. The van der Waals surface area contributed by atoms with E-state index in [9.17, 15) is 0 Å². The predicted molar refractivity (Wildman–Crippen MR) is 73.2 cm³/mol. The van der Waals surface area contributed by atoms with E-state index in [4.69, 9.17) is 14.0 Å². The van der Waals surface area contributed by atoms with Gasteiger partial charge in [0.15, 0.2) is 0 Å². The van der Waals surface area contributed by atoms with Crippen molar-refractivity contribution in [1.82, 2.24) is 4.98 Å². The van der Waals surface area contributed by atoms with Gasteiger partial charge in [-0.2, -0.15) is 0 Å². The molecule has 0 bridgehead atoms. The molecular formula is C14H20BNO3. The van der Waals surface area contributed by atoms with Gasteiger partial charge in [0, 0.05) is 31.4 Å². The van der Waals surface area contributed by atoms with Crippen molar-refractivity contribution in [3.63, 3.8) is 0 Å². The molecular weight excluding hydrogens is 241 g/mol. The Labute approximate surface area is 114 Å². The molecule has 1 aromatic rings. The second-order valence-electron chi connectivity index (χ2n) is 6.13. The van der Waals surface area contributed by atoms with Crippen LogP contribution in [0.5, 0.6) is 0 Å². The molecule has 2 aliphatic rings. The van der Waals surface area contributed by atoms with Gasteiger partial charge in [-0.15, -0.1) is 0 Å². The van der Waals surface area contributed by atoms with Gasteiger partial charge in [0.1, 0.15) is 0 Å². The summed E-state index contributed by atoms with van der Waals surface area (Å²) in [6, 6.07) is 4.07. The first-order chi connectivity index (χ1) is 9.14. The van der Waals surface area contributed by atoms with Crippen LogP contribution in [0, 0.1) is 5.41 Å². The summed E-state index contributed by atoms with van der Waals surface area (Å²) in [6.45, 7) is 6.53.